The van der Waals surface area contributed by atoms with Gasteiger partial charge in [-0.3, -0.25) is 4.99 Å². The minimum absolute atomic E-state index is 0.114. The van der Waals surface area contributed by atoms with Crippen LogP contribution in [0.2, 0.25) is 0 Å². The first-order valence-electron chi connectivity index (χ1n) is 5.85. The van der Waals surface area contributed by atoms with Crippen LogP contribution in [0.5, 0.6) is 0 Å². The predicted molar refractivity (Wildman–Crippen MR) is 66.0 cm³/mol. The van der Waals surface area contributed by atoms with E-state index in [1.165, 1.54) is 0 Å². The maximum Gasteiger partial charge on any atom is 0.197 e. The van der Waals surface area contributed by atoms with Crippen molar-refractivity contribution < 1.29 is 9.47 Å². The van der Waals surface area contributed by atoms with Gasteiger partial charge in [0.1, 0.15) is 6.61 Å². The highest BCUT2D eigenvalue weighted by Gasteiger charge is 2.27. The molecule has 0 aromatic rings. The Kier molecular flexibility index (Phi) is 4.74. The van der Waals surface area contributed by atoms with Crippen molar-refractivity contribution in [1.29, 1.82) is 0 Å². The second-order valence-corrected chi connectivity index (χ2v) is 5.39. The van der Waals surface area contributed by atoms with Gasteiger partial charge in [0.05, 0.1) is 19.2 Å². The summed E-state index contributed by atoms with van der Waals surface area (Å²) < 4.78 is 10.7. The van der Waals surface area contributed by atoms with Crippen molar-refractivity contribution in [3.8, 4) is 0 Å². The third kappa shape index (κ3) is 4.10. The number of aliphatic imine (C=N–C) groups is 1. The molecule has 1 rings (SSSR count). The summed E-state index contributed by atoms with van der Waals surface area (Å²) in [5.41, 5.74) is 0.245. The number of hydrogen-bond acceptors (Lipinski definition) is 4. The smallest absolute Gasteiger partial charge is 0.197 e. The molecule has 1 aliphatic rings. The molecule has 0 aromatic heterocycles. The lowest BCUT2D eigenvalue weighted by Crippen LogP contribution is -2.48. The highest BCUT2D eigenvalue weighted by molar-refractivity contribution is 5.79. The first kappa shape index (κ1) is 13.5. The van der Waals surface area contributed by atoms with E-state index < -0.39 is 0 Å². The van der Waals surface area contributed by atoms with Crippen LogP contribution in [0.15, 0.2) is 4.99 Å². The van der Waals surface area contributed by atoms with Gasteiger partial charge in [-0.2, -0.15) is 0 Å². The van der Waals surface area contributed by atoms with Gasteiger partial charge in [0, 0.05) is 13.2 Å². The average Bonchev–Trinajstić information content (AvgIpc) is 2.25. The fourth-order valence-corrected chi connectivity index (χ4v) is 1.48. The molecule has 0 bridgehead atoms. The lowest BCUT2D eigenvalue weighted by Gasteiger charge is -2.33. The zero-order valence-electron chi connectivity index (χ0n) is 11.0. The molecule has 2 atom stereocenters. The van der Waals surface area contributed by atoms with E-state index in [2.05, 4.69) is 31.1 Å². The quantitative estimate of drug-likeness (QED) is 0.795. The summed E-state index contributed by atoms with van der Waals surface area (Å²) in [5.74, 6) is 0.796. The zero-order chi connectivity index (χ0) is 12.2. The third-order valence-electron chi connectivity index (χ3n) is 2.88. The molecule has 1 N–H and O–H groups in total. The Morgan fingerprint density at radius 3 is 2.62 bits per heavy atom. The molecule has 1 aliphatic heterocycles. The van der Waals surface area contributed by atoms with Crippen LogP contribution in [0.25, 0.3) is 0 Å². The number of methoxy groups -OCH3 is 1. The van der Waals surface area contributed by atoms with E-state index in [9.17, 15) is 0 Å². The molecule has 1 heterocycles. The minimum Gasteiger partial charge on any atom is -0.477 e. The van der Waals surface area contributed by atoms with Crippen LogP contribution < -0.4 is 5.32 Å². The van der Waals surface area contributed by atoms with E-state index in [4.69, 9.17) is 9.47 Å². The summed E-state index contributed by atoms with van der Waals surface area (Å²) in [4.78, 5) is 4.46. The van der Waals surface area contributed by atoms with Crippen molar-refractivity contribution in [2.75, 3.05) is 26.8 Å². The van der Waals surface area contributed by atoms with Crippen LogP contribution in [0.4, 0.5) is 0 Å². The molecule has 0 saturated carbocycles. The molecular weight excluding hydrogens is 204 g/mol. The molecule has 0 fully saturated rings. The summed E-state index contributed by atoms with van der Waals surface area (Å²) in [6, 6.07) is 0.430. The second-order valence-electron chi connectivity index (χ2n) is 5.39. The van der Waals surface area contributed by atoms with E-state index >= 15 is 0 Å². The highest BCUT2D eigenvalue weighted by atomic mass is 16.5. The summed E-state index contributed by atoms with van der Waals surface area (Å²) in [6.07, 6.45) is 0.114. The van der Waals surface area contributed by atoms with Crippen LogP contribution >= 0.6 is 0 Å². The van der Waals surface area contributed by atoms with Crippen molar-refractivity contribution in [3.05, 3.63) is 0 Å². The molecule has 16 heavy (non-hydrogen) atoms. The van der Waals surface area contributed by atoms with Gasteiger partial charge in [-0.15, -0.1) is 0 Å². The van der Waals surface area contributed by atoms with Gasteiger partial charge in [0.25, 0.3) is 0 Å². The number of rotatable bonds is 3. The highest BCUT2D eigenvalue weighted by Crippen LogP contribution is 2.20. The average molecular weight is 228 g/mol. The van der Waals surface area contributed by atoms with Crippen molar-refractivity contribution in [2.24, 2.45) is 10.4 Å². The SMILES string of the molecule is COC(C)COC1=NCC(C(C)(C)C)NC1. The maximum atomic E-state index is 5.56. The Bertz CT molecular complexity index is 246. The van der Waals surface area contributed by atoms with Gasteiger partial charge in [0.15, 0.2) is 5.90 Å². The van der Waals surface area contributed by atoms with Gasteiger partial charge >= 0.3 is 0 Å². The standard InChI is InChI=1S/C12H24N2O2/c1-9(15-5)8-16-11-7-13-10(6-14-11)12(2,3)4/h9-10,13H,6-8H2,1-5H3. The molecule has 4 heteroatoms. The van der Waals surface area contributed by atoms with Crippen molar-refractivity contribution in [2.45, 2.75) is 39.8 Å². The van der Waals surface area contributed by atoms with E-state index in [-0.39, 0.29) is 11.5 Å². The molecule has 0 aromatic carbocycles. The molecule has 0 aliphatic carbocycles. The zero-order valence-corrected chi connectivity index (χ0v) is 11.0. The molecule has 2 unspecified atom stereocenters. The fourth-order valence-electron chi connectivity index (χ4n) is 1.48. The Labute approximate surface area is 98.4 Å². The minimum atomic E-state index is 0.114. The number of nitrogens with zero attached hydrogens (tertiary/aromatic N) is 1. The normalized spacial score (nSPS) is 23.8. The molecule has 4 nitrogen and oxygen atoms in total. The Morgan fingerprint density at radius 2 is 2.19 bits per heavy atom. The van der Waals surface area contributed by atoms with E-state index in [0.717, 1.165) is 19.0 Å². The number of ether oxygens (including phenoxy) is 2. The van der Waals surface area contributed by atoms with E-state index in [1.807, 2.05) is 6.92 Å². The first-order valence-corrected chi connectivity index (χ1v) is 5.85. The van der Waals surface area contributed by atoms with Crippen LogP contribution in [0, 0.1) is 5.41 Å². The summed E-state index contributed by atoms with van der Waals surface area (Å²) >= 11 is 0. The van der Waals surface area contributed by atoms with Gasteiger partial charge in [-0.25, -0.2) is 0 Å². The van der Waals surface area contributed by atoms with Gasteiger partial charge < -0.3 is 14.8 Å². The Hall–Kier alpha value is -0.610. The van der Waals surface area contributed by atoms with Crippen LogP contribution in [0.3, 0.4) is 0 Å². The molecular formula is C12H24N2O2. The van der Waals surface area contributed by atoms with Crippen LogP contribution in [-0.4, -0.2) is 44.8 Å². The lowest BCUT2D eigenvalue weighted by molar-refractivity contribution is 0.0652. The Balaban J connectivity index is 2.35. The van der Waals surface area contributed by atoms with Crippen molar-refractivity contribution >= 4 is 5.90 Å². The van der Waals surface area contributed by atoms with Crippen LogP contribution in [0.1, 0.15) is 27.7 Å². The first-order chi connectivity index (χ1) is 7.43. The molecule has 94 valence electrons. The van der Waals surface area contributed by atoms with Crippen molar-refractivity contribution in [3.63, 3.8) is 0 Å². The molecule has 0 amide bonds. The second kappa shape index (κ2) is 5.64. The monoisotopic (exact) mass is 228 g/mol. The molecule has 0 radical (unpaired) electrons. The van der Waals surface area contributed by atoms with E-state index in [0.29, 0.717) is 12.6 Å². The van der Waals surface area contributed by atoms with Crippen molar-refractivity contribution in [1.82, 2.24) is 5.32 Å². The largest absolute Gasteiger partial charge is 0.477 e. The maximum absolute atomic E-state index is 5.56. The van der Waals surface area contributed by atoms with Gasteiger partial charge in [-0.1, -0.05) is 20.8 Å². The predicted octanol–water partition coefficient (Wildman–Crippen LogP) is 1.45. The van der Waals surface area contributed by atoms with Crippen LogP contribution in [-0.2, 0) is 9.47 Å². The van der Waals surface area contributed by atoms with Gasteiger partial charge in [-0.05, 0) is 12.3 Å². The third-order valence-corrected chi connectivity index (χ3v) is 2.88. The Morgan fingerprint density at radius 1 is 1.50 bits per heavy atom. The number of nitrogens with one attached hydrogen (secondary N) is 1. The molecule has 0 saturated heterocycles. The number of hydrogen-bond donors (Lipinski definition) is 1. The summed E-state index contributed by atoms with van der Waals surface area (Å²) in [7, 11) is 1.69. The topological polar surface area (TPSA) is 42.9 Å². The lowest BCUT2D eigenvalue weighted by atomic mass is 9.86. The van der Waals surface area contributed by atoms with E-state index in [1.54, 1.807) is 7.11 Å². The summed E-state index contributed by atoms with van der Waals surface area (Å²) in [5, 5.41) is 3.45. The fraction of sp³-hybridized carbons (Fsp3) is 0.917. The van der Waals surface area contributed by atoms with Gasteiger partial charge in [0.2, 0.25) is 0 Å². The summed E-state index contributed by atoms with van der Waals surface area (Å²) in [6.45, 7) is 10.7. The molecule has 0 spiro atoms.